The van der Waals surface area contributed by atoms with Gasteiger partial charge < -0.3 is 9.80 Å². The van der Waals surface area contributed by atoms with Gasteiger partial charge in [0.25, 0.3) is 0 Å². The summed E-state index contributed by atoms with van der Waals surface area (Å²) >= 11 is 0. The molecule has 3 rings (SSSR count). The van der Waals surface area contributed by atoms with Crippen molar-refractivity contribution in [2.24, 2.45) is 0 Å². The Morgan fingerprint density at radius 1 is 1.19 bits per heavy atom. The number of anilines is 1. The van der Waals surface area contributed by atoms with Gasteiger partial charge in [0.15, 0.2) is 0 Å². The number of carbonyl (C=O) groups excluding carboxylic acids is 2. The van der Waals surface area contributed by atoms with Gasteiger partial charge >= 0.3 is 0 Å². The number of benzene rings is 1. The fraction of sp³-hybridized carbons (Fsp3) is 0.529. The molecule has 1 aromatic rings. The van der Waals surface area contributed by atoms with Crippen LogP contribution in [0.5, 0.6) is 0 Å². The molecule has 1 aromatic carbocycles. The maximum absolute atomic E-state index is 12.9. The third-order valence-corrected chi connectivity index (χ3v) is 4.48. The van der Waals surface area contributed by atoms with Crippen molar-refractivity contribution in [3.63, 3.8) is 0 Å². The Hall–Kier alpha value is -1.84. The van der Waals surface area contributed by atoms with Gasteiger partial charge in [0.1, 0.15) is 6.04 Å². The first-order valence-electron chi connectivity index (χ1n) is 7.91. The van der Waals surface area contributed by atoms with E-state index in [1.54, 1.807) is 4.90 Å². The summed E-state index contributed by atoms with van der Waals surface area (Å²) in [5.41, 5.74) is 2.19. The molecular weight excluding hydrogens is 264 g/mol. The van der Waals surface area contributed by atoms with Gasteiger partial charge in [-0.05, 0) is 30.9 Å². The number of carbonyl (C=O) groups is 2. The first-order chi connectivity index (χ1) is 10.2. The highest BCUT2D eigenvalue weighted by Gasteiger charge is 2.39. The molecule has 0 N–H and O–H groups in total. The van der Waals surface area contributed by atoms with E-state index >= 15 is 0 Å². The summed E-state index contributed by atoms with van der Waals surface area (Å²) in [5, 5.41) is 0. The van der Waals surface area contributed by atoms with Crippen LogP contribution in [0.2, 0.25) is 0 Å². The summed E-state index contributed by atoms with van der Waals surface area (Å²) in [6.45, 7) is 3.38. The minimum absolute atomic E-state index is 0.0990. The second-order valence-electron chi connectivity index (χ2n) is 5.86. The zero-order chi connectivity index (χ0) is 14.8. The summed E-state index contributed by atoms with van der Waals surface area (Å²) in [6, 6.07) is 7.85. The average Bonchev–Trinajstić information content (AvgIpc) is 2.94. The standard InChI is InChI=1S/C17H22N2O2/c1-2-6-13-7-3-4-8-14(13)19-12-10-16(20)18-11-5-9-15(18)17(19)21/h3-4,7-8,15H,2,5-6,9-12H2,1H3. The van der Waals surface area contributed by atoms with E-state index < -0.39 is 0 Å². The number of fused-ring (bicyclic) bond motifs is 1. The Balaban J connectivity index is 1.94. The summed E-state index contributed by atoms with van der Waals surface area (Å²) < 4.78 is 0. The molecule has 0 aromatic heterocycles. The van der Waals surface area contributed by atoms with Gasteiger partial charge in [0.2, 0.25) is 11.8 Å². The quantitative estimate of drug-likeness (QED) is 0.856. The monoisotopic (exact) mass is 286 g/mol. The van der Waals surface area contributed by atoms with Gasteiger partial charge in [-0.25, -0.2) is 0 Å². The molecule has 4 heteroatoms. The van der Waals surface area contributed by atoms with Crippen LogP contribution in [0, 0.1) is 0 Å². The zero-order valence-electron chi connectivity index (χ0n) is 12.5. The summed E-state index contributed by atoms with van der Waals surface area (Å²) in [4.78, 5) is 28.7. The molecule has 1 atom stereocenters. The number of hydrogen-bond acceptors (Lipinski definition) is 2. The first-order valence-corrected chi connectivity index (χ1v) is 7.91. The van der Waals surface area contributed by atoms with E-state index in [1.807, 2.05) is 23.1 Å². The van der Waals surface area contributed by atoms with Crippen molar-refractivity contribution in [2.75, 3.05) is 18.0 Å². The van der Waals surface area contributed by atoms with Crippen molar-refractivity contribution in [2.45, 2.75) is 45.1 Å². The number of amides is 2. The van der Waals surface area contributed by atoms with Crippen molar-refractivity contribution < 1.29 is 9.59 Å². The van der Waals surface area contributed by atoms with E-state index in [0.717, 1.165) is 37.9 Å². The lowest BCUT2D eigenvalue weighted by Gasteiger charge is -2.27. The topological polar surface area (TPSA) is 40.6 Å². The van der Waals surface area contributed by atoms with Gasteiger partial charge in [-0.2, -0.15) is 0 Å². The number of para-hydroxylation sites is 1. The molecule has 2 fully saturated rings. The highest BCUT2D eigenvalue weighted by Crippen LogP contribution is 2.29. The summed E-state index contributed by atoms with van der Waals surface area (Å²) in [7, 11) is 0. The van der Waals surface area contributed by atoms with Crippen molar-refractivity contribution in [1.29, 1.82) is 0 Å². The second kappa shape index (κ2) is 5.88. The van der Waals surface area contributed by atoms with Crippen LogP contribution >= 0.6 is 0 Å². The van der Waals surface area contributed by atoms with E-state index in [4.69, 9.17) is 0 Å². The molecule has 2 aliphatic heterocycles. The number of rotatable bonds is 3. The maximum Gasteiger partial charge on any atom is 0.249 e. The fourth-order valence-electron chi connectivity index (χ4n) is 3.46. The van der Waals surface area contributed by atoms with Crippen LogP contribution in [0.25, 0.3) is 0 Å². The molecule has 2 aliphatic rings. The van der Waals surface area contributed by atoms with Crippen molar-refractivity contribution in [3.8, 4) is 0 Å². The smallest absolute Gasteiger partial charge is 0.249 e. The molecule has 0 aliphatic carbocycles. The molecule has 0 radical (unpaired) electrons. The molecule has 4 nitrogen and oxygen atoms in total. The number of hydrogen-bond donors (Lipinski definition) is 0. The van der Waals surface area contributed by atoms with Crippen molar-refractivity contribution in [1.82, 2.24) is 4.90 Å². The number of aryl methyl sites for hydroxylation is 1. The molecule has 112 valence electrons. The lowest BCUT2D eigenvalue weighted by atomic mass is 10.1. The molecule has 0 saturated carbocycles. The van der Waals surface area contributed by atoms with Crippen molar-refractivity contribution >= 4 is 17.5 Å². The second-order valence-corrected chi connectivity index (χ2v) is 5.86. The van der Waals surface area contributed by atoms with Crippen LogP contribution in [0.4, 0.5) is 5.69 Å². The Labute approximate surface area is 125 Å². The maximum atomic E-state index is 12.9. The Morgan fingerprint density at radius 2 is 2.00 bits per heavy atom. The predicted octanol–water partition coefficient (Wildman–Crippen LogP) is 2.37. The summed E-state index contributed by atoms with van der Waals surface area (Å²) in [6.07, 6.45) is 4.18. The van der Waals surface area contributed by atoms with Crippen LogP contribution in [0.15, 0.2) is 24.3 Å². The van der Waals surface area contributed by atoms with E-state index in [2.05, 4.69) is 13.0 Å². The van der Waals surface area contributed by atoms with Gasteiger partial charge in [0, 0.05) is 25.2 Å². The Kier molecular flexibility index (Phi) is 3.95. The van der Waals surface area contributed by atoms with Gasteiger partial charge in [-0.3, -0.25) is 9.59 Å². The zero-order valence-corrected chi connectivity index (χ0v) is 12.5. The van der Waals surface area contributed by atoms with Crippen LogP contribution in [0.3, 0.4) is 0 Å². The lowest BCUT2D eigenvalue weighted by Crippen LogP contribution is -2.44. The van der Waals surface area contributed by atoms with E-state index in [0.29, 0.717) is 13.0 Å². The third-order valence-electron chi connectivity index (χ3n) is 4.48. The SMILES string of the molecule is CCCc1ccccc1N1CCC(=O)N2CCCC2C1=O. The van der Waals surface area contributed by atoms with E-state index in [9.17, 15) is 9.59 Å². The normalized spacial score (nSPS) is 22.4. The van der Waals surface area contributed by atoms with Gasteiger partial charge in [-0.1, -0.05) is 31.5 Å². The number of nitrogens with zero attached hydrogens (tertiary/aromatic N) is 2. The van der Waals surface area contributed by atoms with Crippen LogP contribution in [-0.2, 0) is 16.0 Å². The molecule has 0 bridgehead atoms. The first kappa shape index (κ1) is 14.1. The highest BCUT2D eigenvalue weighted by atomic mass is 16.2. The van der Waals surface area contributed by atoms with Crippen LogP contribution < -0.4 is 4.90 Å². The van der Waals surface area contributed by atoms with Gasteiger partial charge in [0.05, 0.1) is 0 Å². The average molecular weight is 286 g/mol. The minimum atomic E-state index is -0.241. The molecule has 2 heterocycles. The third kappa shape index (κ3) is 2.55. The summed E-state index contributed by atoms with van der Waals surface area (Å²) in [5.74, 6) is 0.225. The van der Waals surface area contributed by atoms with Crippen LogP contribution in [-0.4, -0.2) is 35.8 Å². The minimum Gasteiger partial charge on any atom is -0.331 e. The molecule has 2 amide bonds. The highest BCUT2D eigenvalue weighted by molar-refractivity contribution is 6.02. The Morgan fingerprint density at radius 3 is 2.81 bits per heavy atom. The predicted molar refractivity (Wildman–Crippen MR) is 82.1 cm³/mol. The fourth-order valence-corrected chi connectivity index (χ4v) is 3.46. The lowest BCUT2D eigenvalue weighted by molar-refractivity contribution is -0.135. The molecule has 0 spiro atoms. The van der Waals surface area contributed by atoms with Crippen molar-refractivity contribution in [3.05, 3.63) is 29.8 Å². The van der Waals surface area contributed by atoms with Gasteiger partial charge in [-0.15, -0.1) is 0 Å². The van der Waals surface area contributed by atoms with E-state index in [1.165, 1.54) is 5.56 Å². The molecule has 21 heavy (non-hydrogen) atoms. The molecule has 1 unspecified atom stereocenters. The molecule has 2 saturated heterocycles. The largest absolute Gasteiger partial charge is 0.331 e. The van der Waals surface area contributed by atoms with E-state index in [-0.39, 0.29) is 17.9 Å². The Bertz CT molecular complexity index is 555. The molecular formula is C17H22N2O2. The van der Waals surface area contributed by atoms with Crippen LogP contribution in [0.1, 0.15) is 38.2 Å².